The zero-order valence-corrected chi connectivity index (χ0v) is 18.9. The molecule has 0 saturated carbocycles. The lowest BCUT2D eigenvalue weighted by molar-refractivity contribution is -0.119. The van der Waals surface area contributed by atoms with Gasteiger partial charge in [0.15, 0.2) is 10.7 Å². The fourth-order valence-corrected chi connectivity index (χ4v) is 5.24. The highest BCUT2D eigenvalue weighted by atomic mass is 32.1. The predicted octanol–water partition coefficient (Wildman–Crippen LogP) is 3.29. The SMILES string of the molecule is CC(C)N(Cc1c(C(=O)N2CCCCCCC2)nc2sccn12)C[C@@H]1CCC(=O)N1. The molecule has 2 fully saturated rings. The lowest BCUT2D eigenvalue weighted by atomic mass is 10.1. The first-order valence-corrected chi connectivity index (χ1v) is 12.2. The largest absolute Gasteiger partial charge is 0.352 e. The van der Waals surface area contributed by atoms with Crippen molar-refractivity contribution in [2.24, 2.45) is 0 Å². The molecule has 2 saturated heterocycles. The van der Waals surface area contributed by atoms with E-state index in [9.17, 15) is 9.59 Å². The van der Waals surface area contributed by atoms with E-state index in [2.05, 4.69) is 28.5 Å². The van der Waals surface area contributed by atoms with Crippen LogP contribution < -0.4 is 5.32 Å². The van der Waals surface area contributed by atoms with Crippen molar-refractivity contribution in [3.63, 3.8) is 0 Å². The van der Waals surface area contributed by atoms with Gasteiger partial charge < -0.3 is 10.2 Å². The second kappa shape index (κ2) is 9.47. The summed E-state index contributed by atoms with van der Waals surface area (Å²) in [6, 6.07) is 0.482. The number of nitrogens with zero attached hydrogens (tertiary/aromatic N) is 4. The molecule has 0 unspecified atom stereocenters. The van der Waals surface area contributed by atoms with Crippen molar-refractivity contribution in [2.75, 3.05) is 19.6 Å². The van der Waals surface area contributed by atoms with Crippen LogP contribution in [0.2, 0.25) is 0 Å². The summed E-state index contributed by atoms with van der Waals surface area (Å²) in [5.41, 5.74) is 1.57. The van der Waals surface area contributed by atoms with Crippen molar-refractivity contribution < 1.29 is 9.59 Å². The molecule has 0 spiro atoms. The molecule has 2 aromatic heterocycles. The molecular weight excluding hydrogens is 398 g/mol. The van der Waals surface area contributed by atoms with Crippen molar-refractivity contribution in [3.8, 4) is 0 Å². The van der Waals surface area contributed by atoms with Crippen molar-refractivity contribution in [1.82, 2.24) is 24.5 Å². The first-order chi connectivity index (χ1) is 14.5. The topological polar surface area (TPSA) is 70.0 Å². The fraction of sp³-hybridized carbons (Fsp3) is 0.682. The normalized spacial score (nSPS) is 20.7. The Hall–Kier alpha value is -1.93. The molecule has 164 valence electrons. The maximum atomic E-state index is 13.5. The van der Waals surface area contributed by atoms with Crippen LogP contribution in [0.15, 0.2) is 11.6 Å². The van der Waals surface area contributed by atoms with Gasteiger partial charge in [0.2, 0.25) is 5.91 Å². The number of aromatic nitrogens is 2. The molecule has 1 N–H and O–H groups in total. The second-order valence-corrected chi connectivity index (χ2v) is 9.72. The fourth-order valence-electron chi connectivity index (χ4n) is 4.50. The molecule has 2 aliphatic rings. The first kappa shape index (κ1) is 21.3. The number of likely N-dealkylation sites (tertiary alicyclic amines) is 1. The molecule has 0 radical (unpaired) electrons. The van der Waals surface area contributed by atoms with E-state index < -0.39 is 0 Å². The third kappa shape index (κ3) is 4.70. The summed E-state index contributed by atoms with van der Waals surface area (Å²) >= 11 is 1.57. The van der Waals surface area contributed by atoms with Gasteiger partial charge in [-0.05, 0) is 33.1 Å². The quantitative estimate of drug-likeness (QED) is 0.762. The number of nitrogens with one attached hydrogen (secondary N) is 1. The molecule has 7 nitrogen and oxygen atoms in total. The van der Waals surface area contributed by atoms with Gasteiger partial charge in [-0.15, -0.1) is 11.3 Å². The third-order valence-electron chi connectivity index (χ3n) is 6.33. The lowest BCUT2D eigenvalue weighted by Gasteiger charge is -2.29. The van der Waals surface area contributed by atoms with Gasteiger partial charge in [0.25, 0.3) is 5.91 Å². The molecule has 2 aromatic rings. The maximum absolute atomic E-state index is 13.5. The van der Waals surface area contributed by atoms with E-state index in [1.165, 1.54) is 19.3 Å². The Bertz CT molecular complexity index is 881. The van der Waals surface area contributed by atoms with E-state index in [0.717, 1.165) is 49.6 Å². The molecule has 8 heteroatoms. The van der Waals surface area contributed by atoms with Crippen LogP contribution >= 0.6 is 11.3 Å². The number of fused-ring (bicyclic) bond motifs is 1. The average Bonchev–Trinajstić information content (AvgIpc) is 3.38. The summed E-state index contributed by atoms with van der Waals surface area (Å²) < 4.78 is 2.07. The van der Waals surface area contributed by atoms with Gasteiger partial charge >= 0.3 is 0 Å². The highest BCUT2D eigenvalue weighted by Crippen LogP contribution is 2.23. The van der Waals surface area contributed by atoms with Gasteiger partial charge in [0.1, 0.15) is 0 Å². The van der Waals surface area contributed by atoms with Gasteiger partial charge in [0.05, 0.1) is 5.69 Å². The van der Waals surface area contributed by atoms with Crippen molar-refractivity contribution >= 4 is 28.1 Å². The minimum absolute atomic E-state index is 0.0701. The summed E-state index contributed by atoms with van der Waals surface area (Å²) in [6.07, 6.45) is 9.31. The molecule has 4 heterocycles. The van der Waals surface area contributed by atoms with Crippen LogP contribution in [0, 0.1) is 0 Å². The molecule has 1 atom stereocenters. The van der Waals surface area contributed by atoms with Crippen molar-refractivity contribution in [3.05, 3.63) is 23.0 Å². The van der Waals surface area contributed by atoms with Crippen molar-refractivity contribution in [2.45, 2.75) is 77.4 Å². The Labute approximate surface area is 182 Å². The molecule has 2 amide bonds. The number of rotatable bonds is 6. The average molecular weight is 432 g/mol. The van der Waals surface area contributed by atoms with Gasteiger partial charge in [-0.1, -0.05) is 19.3 Å². The van der Waals surface area contributed by atoms with Gasteiger partial charge in [0, 0.05) is 56.3 Å². The predicted molar refractivity (Wildman–Crippen MR) is 119 cm³/mol. The Kier molecular flexibility index (Phi) is 6.73. The Balaban J connectivity index is 1.58. The van der Waals surface area contributed by atoms with Crippen LogP contribution in [0.3, 0.4) is 0 Å². The highest BCUT2D eigenvalue weighted by Gasteiger charge is 2.29. The minimum atomic E-state index is 0.0701. The molecule has 30 heavy (non-hydrogen) atoms. The number of thiazole rings is 1. The third-order valence-corrected chi connectivity index (χ3v) is 7.09. The second-order valence-electron chi connectivity index (χ2n) is 8.85. The molecule has 4 rings (SSSR count). The van der Waals surface area contributed by atoms with E-state index in [-0.39, 0.29) is 17.9 Å². The summed E-state index contributed by atoms with van der Waals surface area (Å²) in [7, 11) is 0. The summed E-state index contributed by atoms with van der Waals surface area (Å²) in [5, 5.41) is 5.10. The van der Waals surface area contributed by atoms with Crippen LogP contribution in [0.1, 0.15) is 75.0 Å². The van der Waals surface area contributed by atoms with Gasteiger partial charge in [-0.3, -0.25) is 18.9 Å². The van der Waals surface area contributed by atoms with Crippen LogP contribution in [0.25, 0.3) is 4.96 Å². The minimum Gasteiger partial charge on any atom is -0.352 e. The Morgan fingerprint density at radius 3 is 2.67 bits per heavy atom. The van der Waals surface area contributed by atoms with Crippen LogP contribution in [-0.2, 0) is 11.3 Å². The van der Waals surface area contributed by atoms with Gasteiger partial charge in [-0.25, -0.2) is 4.98 Å². The summed E-state index contributed by atoms with van der Waals surface area (Å²) in [4.78, 5) is 35.1. The van der Waals surface area contributed by atoms with E-state index in [4.69, 9.17) is 4.98 Å². The Morgan fingerprint density at radius 1 is 1.27 bits per heavy atom. The number of carbonyl (C=O) groups excluding carboxylic acids is 2. The summed E-state index contributed by atoms with van der Waals surface area (Å²) in [6.45, 7) is 7.43. The van der Waals surface area contributed by atoms with Crippen LogP contribution in [0.5, 0.6) is 0 Å². The van der Waals surface area contributed by atoms with E-state index in [1.807, 2.05) is 16.5 Å². The zero-order chi connectivity index (χ0) is 21.1. The number of hydrogen-bond acceptors (Lipinski definition) is 5. The number of amides is 2. The standard InChI is InChI=1S/C22H33N5O2S/c1-16(2)26(14-17-8-9-19(28)23-17)15-18-20(24-22-27(18)12-13-30-22)21(29)25-10-6-4-3-5-7-11-25/h12-13,16-17H,3-11,14-15H2,1-2H3,(H,23,28)/t17-/m0/s1. The van der Waals surface area contributed by atoms with E-state index in [1.54, 1.807) is 11.3 Å². The van der Waals surface area contributed by atoms with Gasteiger partial charge in [-0.2, -0.15) is 0 Å². The van der Waals surface area contributed by atoms with E-state index in [0.29, 0.717) is 24.7 Å². The molecule has 2 aliphatic heterocycles. The summed E-state index contributed by atoms with van der Waals surface area (Å²) in [5.74, 6) is 0.210. The number of hydrogen-bond donors (Lipinski definition) is 1. The first-order valence-electron chi connectivity index (χ1n) is 11.3. The smallest absolute Gasteiger partial charge is 0.274 e. The number of carbonyl (C=O) groups is 2. The molecule has 0 aliphatic carbocycles. The maximum Gasteiger partial charge on any atom is 0.274 e. The highest BCUT2D eigenvalue weighted by molar-refractivity contribution is 7.15. The number of imidazole rings is 1. The molecular formula is C22H33N5O2S. The van der Waals surface area contributed by atoms with Crippen LogP contribution in [0.4, 0.5) is 0 Å². The molecule has 0 bridgehead atoms. The lowest BCUT2D eigenvalue weighted by Crippen LogP contribution is -2.42. The molecule has 0 aromatic carbocycles. The van der Waals surface area contributed by atoms with Crippen molar-refractivity contribution in [1.29, 1.82) is 0 Å². The Morgan fingerprint density at radius 2 is 2.00 bits per heavy atom. The van der Waals surface area contributed by atoms with E-state index >= 15 is 0 Å². The monoisotopic (exact) mass is 431 g/mol. The zero-order valence-electron chi connectivity index (χ0n) is 18.1. The van der Waals surface area contributed by atoms with Crippen LogP contribution in [-0.4, -0.2) is 62.7 Å².